The van der Waals surface area contributed by atoms with Gasteiger partial charge < -0.3 is 14.5 Å². The van der Waals surface area contributed by atoms with Crippen molar-refractivity contribution in [1.29, 1.82) is 0 Å². The van der Waals surface area contributed by atoms with Crippen molar-refractivity contribution in [2.75, 3.05) is 19.6 Å². The highest BCUT2D eigenvalue weighted by Crippen LogP contribution is 2.21. The van der Waals surface area contributed by atoms with Crippen LogP contribution in [0.25, 0.3) is 11.0 Å². The minimum absolute atomic E-state index is 0.190. The maximum absolute atomic E-state index is 13.7. The standard InChI is InChI=1S/C14H19FIN3S/c1-3-18(4-2)6-5-7-19-13-8-10(15)11(16)9-12(13)17-14(19)20/h8-9H,3-7H2,1-2H3,(H,17,20). The first-order chi connectivity index (χ1) is 9.56. The van der Waals surface area contributed by atoms with Gasteiger partial charge in [0.1, 0.15) is 5.82 Å². The first kappa shape index (κ1) is 15.9. The molecule has 0 radical (unpaired) electrons. The normalized spacial score (nSPS) is 11.7. The molecule has 1 heterocycles. The Hall–Kier alpha value is -0.470. The fourth-order valence-electron chi connectivity index (χ4n) is 2.37. The summed E-state index contributed by atoms with van der Waals surface area (Å²) in [5, 5.41) is 0. The zero-order chi connectivity index (χ0) is 14.7. The number of H-pyrrole nitrogens is 1. The Morgan fingerprint density at radius 1 is 1.35 bits per heavy atom. The number of fused-ring (bicyclic) bond motifs is 1. The molecule has 2 rings (SSSR count). The van der Waals surface area contributed by atoms with E-state index in [2.05, 4.69) is 23.7 Å². The van der Waals surface area contributed by atoms with Crippen LogP contribution in [0.1, 0.15) is 20.3 Å². The number of aryl methyl sites for hydroxylation is 1. The van der Waals surface area contributed by atoms with E-state index in [0.717, 1.165) is 43.6 Å². The topological polar surface area (TPSA) is 24.0 Å². The second-order valence-electron chi connectivity index (χ2n) is 4.75. The van der Waals surface area contributed by atoms with Gasteiger partial charge in [-0.1, -0.05) is 13.8 Å². The Labute approximate surface area is 137 Å². The van der Waals surface area contributed by atoms with Crippen molar-refractivity contribution in [3.05, 3.63) is 26.3 Å². The molecule has 1 aromatic carbocycles. The monoisotopic (exact) mass is 407 g/mol. The predicted octanol–water partition coefficient (Wildman–Crippen LogP) is 4.17. The number of imidazole rings is 1. The maximum atomic E-state index is 13.7. The Morgan fingerprint density at radius 3 is 2.70 bits per heavy atom. The molecule has 0 aliphatic carbocycles. The molecule has 0 fully saturated rings. The molecule has 1 aromatic heterocycles. The molecule has 0 unspecified atom stereocenters. The van der Waals surface area contributed by atoms with Crippen LogP contribution in [0.15, 0.2) is 12.1 Å². The lowest BCUT2D eigenvalue weighted by atomic mass is 10.3. The summed E-state index contributed by atoms with van der Waals surface area (Å²) >= 11 is 7.34. The quantitative estimate of drug-likeness (QED) is 0.574. The summed E-state index contributed by atoms with van der Waals surface area (Å²) in [7, 11) is 0. The minimum atomic E-state index is -0.190. The van der Waals surface area contributed by atoms with Crippen LogP contribution in [-0.4, -0.2) is 34.1 Å². The first-order valence-corrected chi connectivity index (χ1v) is 8.35. The van der Waals surface area contributed by atoms with Gasteiger partial charge in [-0.15, -0.1) is 0 Å². The van der Waals surface area contributed by atoms with Crippen molar-refractivity contribution in [3.63, 3.8) is 0 Å². The van der Waals surface area contributed by atoms with Crippen molar-refractivity contribution < 1.29 is 4.39 Å². The predicted molar refractivity (Wildman–Crippen MR) is 92.2 cm³/mol. The van der Waals surface area contributed by atoms with Crippen LogP contribution >= 0.6 is 34.8 Å². The molecule has 110 valence electrons. The molecular weight excluding hydrogens is 388 g/mol. The molecule has 6 heteroatoms. The molecule has 2 aromatic rings. The third-order valence-corrected chi connectivity index (χ3v) is 4.72. The summed E-state index contributed by atoms with van der Waals surface area (Å²) < 4.78 is 17.0. The van der Waals surface area contributed by atoms with Gasteiger partial charge in [-0.05, 0) is 66.9 Å². The van der Waals surface area contributed by atoms with Crippen molar-refractivity contribution in [2.24, 2.45) is 0 Å². The van der Waals surface area contributed by atoms with Crippen LogP contribution in [0.4, 0.5) is 4.39 Å². The van der Waals surface area contributed by atoms with Crippen LogP contribution in [0.2, 0.25) is 0 Å². The molecule has 0 amide bonds. The van der Waals surface area contributed by atoms with Gasteiger partial charge in [-0.3, -0.25) is 0 Å². The van der Waals surface area contributed by atoms with Gasteiger partial charge in [0.25, 0.3) is 0 Å². The van der Waals surface area contributed by atoms with E-state index in [1.807, 2.05) is 33.2 Å². The second kappa shape index (κ2) is 7.00. The highest BCUT2D eigenvalue weighted by atomic mass is 127. The average Bonchev–Trinajstić information content (AvgIpc) is 2.71. The average molecular weight is 407 g/mol. The molecule has 0 saturated carbocycles. The highest BCUT2D eigenvalue weighted by Gasteiger charge is 2.09. The number of aromatic amines is 1. The largest absolute Gasteiger partial charge is 0.331 e. The van der Waals surface area contributed by atoms with Gasteiger partial charge in [0.15, 0.2) is 4.77 Å². The van der Waals surface area contributed by atoms with Crippen molar-refractivity contribution >= 4 is 45.8 Å². The van der Waals surface area contributed by atoms with Crippen LogP contribution in [0.3, 0.4) is 0 Å². The number of hydrogen-bond acceptors (Lipinski definition) is 2. The van der Waals surface area contributed by atoms with Crippen molar-refractivity contribution in [2.45, 2.75) is 26.8 Å². The fraction of sp³-hybridized carbons (Fsp3) is 0.500. The van der Waals surface area contributed by atoms with Gasteiger partial charge in [-0.25, -0.2) is 4.39 Å². The molecule has 0 aliphatic rings. The SMILES string of the molecule is CCN(CC)CCCn1c(=S)[nH]c2cc(I)c(F)cc21. The van der Waals surface area contributed by atoms with Gasteiger partial charge in [0.2, 0.25) is 0 Å². The van der Waals surface area contributed by atoms with E-state index in [0.29, 0.717) is 8.34 Å². The summed E-state index contributed by atoms with van der Waals surface area (Å²) in [6, 6.07) is 3.38. The Balaban J connectivity index is 2.19. The summed E-state index contributed by atoms with van der Waals surface area (Å²) in [5.41, 5.74) is 1.76. The third-order valence-electron chi connectivity index (χ3n) is 3.57. The van der Waals surface area contributed by atoms with Crippen LogP contribution in [0, 0.1) is 14.2 Å². The molecular formula is C14H19FIN3S. The van der Waals surface area contributed by atoms with E-state index >= 15 is 0 Å². The second-order valence-corrected chi connectivity index (χ2v) is 6.29. The van der Waals surface area contributed by atoms with Crippen LogP contribution < -0.4 is 0 Å². The van der Waals surface area contributed by atoms with E-state index < -0.39 is 0 Å². The van der Waals surface area contributed by atoms with Crippen molar-refractivity contribution in [3.8, 4) is 0 Å². The summed E-state index contributed by atoms with van der Waals surface area (Å²) in [6.45, 7) is 8.30. The molecule has 3 nitrogen and oxygen atoms in total. The zero-order valence-electron chi connectivity index (χ0n) is 11.7. The summed E-state index contributed by atoms with van der Waals surface area (Å²) in [6.07, 6.45) is 1.01. The number of rotatable bonds is 6. The third kappa shape index (κ3) is 3.40. The highest BCUT2D eigenvalue weighted by molar-refractivity contribution is 14.1. The number of hydrogen-bond donors (Lipinski definition) is 1. The lowest BCUT2D eigenvalue weighted by Gasteiger charge is -2.17. The molecule has 20 heavy (non-hydrogen) atoms. The van der Waals surface area contributed by atoms with Gasteiger partial charge in [-0.2, -0.15) is 0 Å². The maximum Gasteiger partial charge on any atom is 0.178 e. The number of aromatic nitrogens is 2. The Morgan fingerprint density at radius 2 is 2.05 bits per heavy atom. The number of nitrogens with zero attached hydrogens (tertiary/aromatic N) is 2. The molecule has 0 bridgehead atoms. The fourth-order valence-corrected chi connectivity index (χ4v) is 3.13. The summed E-state index contributed by atoms with van der Waals surface area (Å²) in [5.74, 6) is -0.190. The molecule has 1 N–H and O–H groups in total. The molecule has 0 aliphatic heterocycles. The lowest BCUT2D eigenvalue weighted by Crippen LogP contribution is -2.24. The number of benzene rings is 1. The van der Waals surface area contributed by atoms with E-state index in [-0.39, 0.29) is 5.82 Å². The number of halogens is 2. The van der Waals surface area contributed by atoms with Gasteiger partial charge in [0, 0.05) is 12.6 Å². The van der Waals surface area contributed by atoms with Gasteiger partial charge in [0.05, 0.1) is 14.6 Å². The van der Waals surface area contributed by atoms with Crippen LogP contribution in [-0.2, 0) is 6.54 Å². The number of nitrogens with one attached hydrogen (secondary N) is 1. The smallest absolute Gasteiger partial charge is 0.178 e. The van der Waals surface area contributed by atoms with Crippen LogP contribution in [0.5, 0.6) is 0 Å². The molecule has 0 atom stereocenters. The van der Waals surface area contributed by atoms with E-state index in [4.69, 9.17) is 12.2 Å². The van der Waals surface area contributed by atoms with Crippen molar-refractivity contribution in [1.82, 2.24) is 14.5 Å². The van der Waals surface area contributed by atoms with E-state index in [9.17, 15) is 4.39 Å². The Bertz CT molecular complexity index is 646. The summed E-state index contributed by atoms with van der Waals surface area (Å²) in [4.78, 5) is 5.53. The first-order valence-electron chi connectivity index (χ1n) is 6.86. The molecule has 0 saturated heterocycles. The van der Waals surface area contributed by atoms with E-state index in [1.54, 1.807) is 6.07 Å². The lowest BCUT2D eigenvalue weighted by molar-refractivity contribution is 0.293. The minimum Gasteiger partial charge on any atom is -0.331 e. The molecule has 0 spiro atoms. The Kier molecular flexibility index (Phi) is 5.57. The van der Waals surface area contributed by atoms with E-state index in [1.165, 1.54) is 0 Å². The zero-order valence-corrected chi connectivity index (χ0v) is 14.7. The van der Waals surface area contributed by atoms with Gasteiger partial charge >= 0.3 is 0 Å².